The Hall–Kier alpha value is -3.28. The summed E-state index contributed by atoms with van der Waals surface area (Å²) in [4.78, 5) is 14.9. The van der Waals surface area contributed by atoms with Gasteiger partial charge in [0.25, 0.3) is 5.91 Å². The van der Waals surface area contributed by atoms with Crippen molar-refractivity contribution in [3.63, 3.8) is 0 Å². The molecule has 0 bridgehead atoms. The fourth-order valence-electron chi connectivity index (χ4n) is 4.59. The maximum atomic E-state index is 13.9. The van der Waals surface area contributed by atoms with Gasteiger partial charge in [0.15, 0.2) is 0 Å². The van der Waals surface area contributed by atoms with E-state index >= 15 is 0 Å². The number of benzene rings is 2. The first-order chi connectivity index (χ1) is 14.1. The minimum Gasteiger partial charge on any atom is -0.496 e. The second-order valence-corrected chi connectivity index (χ2v) is 7.62. The number of amides is 1. The fraction of sp³-hybridized carbons (Fsp3) is 0.261. The third kappa shape index (κ3) is 2.78. The standard InChI is InChI=1S/C23H22FN3O2/c1-29-20-6-3-2-5-17(20)22(28)26-13-10-23(11-14-26)21-7-4-12-27(21)19-9-8-16(24)15-18(19)25-23/h2-9,12,15,25H,10-11,13-14H2,1H3. The van der Waals surface area contributed by atoms with Crippen LogP contribution in [0.3, 0.4) is 0 Å². The normalized spacial score (nSPS) is 16.7. The van der Waals surface area contributed by atoms with E-state index in [1.165, 1.54) is 6.07 Å². The number of ether oxygens (including phenoxy) is 1. The van der Waals surface area contributed by atoms with Gasteiger partial charge in [-0.2, -0.15) is 0 Å². The molecule has 1 spiro atoms. The first-order valence-corrected chi connectivity index (χ1v) is 9.79. The highest BCUT2D eigenvalue weighted by atomic mass is 19.1. The van der Waals surface area contributed by atoms with E-state index in [4.69, 9.17) is 4.74 Å². The molecule has 1 fully saturated rings. The number of rotatable bonds is 2. The summed E-state index contributed by atoms with van der Waals surface area (Å²) < 4.78 is 21.3. The number of para-hydroxylation sites is 1. The zero-order chi connectivity index (χ0) is 20.0. The number of aromatic nitrogens is 1. The van der Waals surface area contributed by atoms with Crippen molar-refractivity contribution < 1.29 is 13.9 Å². The van der Waals surface area contributed by atoms with E-state index in [9.17, 15) is 9.18 Å². The monoisotopic (exact) mass is 391 g/mol. The Balaban J connectivity index is 1.42. The van der Waals surface area contributed by atoms with Gasteiger partial charge in [0.1, 0.15) is 11.6 Å². The summed E-state index contributed by atoms with van der Waals surface area (Å²) >= 11 is 0. The van der Waals surface area contributed by atoms with Gasteiger partial charge < -0.3 is 19.5 Å². The fourth-order valence-corrected chi connectivity index (χ4v) is 4.59. The minimum atomic E-state index is -0.318. The van der Waals surface area contributed by atoms with Crippen molar-refractivity contribution in [2.45, 2.75) is 18.4 Å². The Kier molecular flexibility index (Phi) is 4.08. The number of halogens is 1. The molecule has 1 amide bonds. The smallest absolute Gasteiger partial charge is 0.257 e. The van der Waals surface area contributed by atoms with E-state index < -0.39 is 0 Å². The number of hydrogen-bond acceptors (Lipinski definition) is 3. The zero-order valence-corrected chi connectivity index (χ0v) is 16.2. The quantitative estimate of drug-likeness (QED) is 0.713. The van der Waals surface area contributed by atoms with E-state index in [1.54, 1.807) is 31.4 Å². The third-order valence-electron chi connectivity index (χ3n) is 6.07. The van der Waals surface area contributed by atoms with E-state index in [2.05, 4.69) is 16.0 Å². The molecule has 6 heteroatoms. The highest BCUT2D eigenvalue weighted by Crippen LogP contribution is 2.43. The zero-order valence-electron chi connectivity index (χ0n) is 16.2. The lowest BCUT2D eigenvalue weighted by Gasteiger charge is -2.46. The first-order valence-electron chi connectivity index (χ1n) is 9.79. The molecule has 0 aliphatic carbocycles. The van der Waals surface area contributed by atoms with Crippen molar-refractivity contribution in [1.82, 2.24) is 9.47 Å². The molecular weight excluding hydrogens is 369 g/mol. The number of carbonyl (C=O) groups excluding carboxylic acids is 1. The second-order valence-electron chi connectivity index (χ2n) is 7.62. The Morgan fingerprint density at radius 3 is 2.69 bits per heavy atom. The third-order valence-corrected chi connectivity index (χ3v) is 6.07. The molecule has 5 rings (SSSR count). The minimum absolute atomic E-state index is 0.0186. The summed E-state index contributed by atoms with van der Waals surface area (Å²) in [6.07, 6.45) is 3.50. The number of likely N-dealkylation sites (tertiary alicyclic amines) is 1. The summed E-state index contributed by atoms with van der Waals surface area (Å²) in [6.45, 7) is 1.22. The van der Waals surface area contributed by atoms with Crippen molar-refractivity contribution in [1.29, 1.82) is 0 Å². The second kappa shape index (κ2) is 6.65. The number of anilines is 1. The average molecular weight is 391 g/mol. The van der Waals surface area contributed by atoms with Crippen LogP contribution < -0.4 is 10.1 Å². The van der Waals surface area contributed by atoms with Gasteiger partial charge in [0, 0.05) is 25.0 Å². The topological polar surface area (TPSA) is 46.5 Å². The maximum absolute atomic E-state index is 13.9. The van der Waals surface area contributed by atoms with Crippen LogP contribution >= 0.6 is 0 Å². The van der Waals surface area contributed by atoms with E-state index in [0.717, 1.165) is 29.9 Å². The number of fused-ring (bicyclic) bond motifs is 4. The number of methoxy groups -OCH3 is 1. The molecule has 0 radical (unpaired) electrons. The van der Waals surface area contributed by atoms with Crippen molar-refractivity contribution in [3.05, 3.63) is 77.9 Å². The van der Waals surface area contributed by atoms with Crippen LogP contribution in [0.15, 0.2) is 60.8 Å². The van der Waals surface area contributed by atoms with Crippen LogP contribution in [-0.4, -0.2) is 35.6 Å². The molecule has 3 heterocycles. The number of nitrogens with zero attached hydrogens (tertiary/aromatic N) is 2. The lowest BCUT2D eigenvalue weighted by Crippen LogP contribution is -2.51. The van der Waals surface area contributed by atoms with Gasteiger partial charge >= 0.3 is 0 Å². The van der Waals surface area contributed by atoms with Crippen LogP contribution in [0.4, 0.5) is 10.1 Å². The SMILES string of the molecule is COc1ccccc1C(=O)N1CCC2(CC1)Nc1cc(F)ccc1-n1cccc12. The van der Waals surface area contributed by atoms with E-state index in [0.29, 0.717) is 24.4 Å². The predicted octanol–water partition coefficient (Wildman–Crippen LogP) is 4.18. The summed E-state index contributed by atoms with van der Waals surface area (Å²) in [7, 11) is 1.58. The van der Waals surface area contributed by atoms with Crippen molar-refractivity contribution in [2.24, 2.45) is 0 Å². The molecule has 1 aromatic heterocycles. The van der Waals surface area contributed by atoms with Crippen LogP contribution in [0.5, 0.6) is 5.75 Å². The largest absolute Gasteiger partial charge is 0.496 e. The summed E-state index contributed by atoms with van der Waals surface area (Å²) in [6, 6.07) is 16.3. The van der Waals surface area contributed by atoms with Crippen molar-refractivity contribution in [3.8, 4) is 11.4 Å². The van der Waals surface area contributed by atoms with Crippen molar-refractivity contribution >= 4 is 11.6 Å². The van der Waals surface area contributed by atoms with Crippen LogP contribution in [0, 0.1) is 5.82 Å². The van der Waals surface area contributed by atoms with Gasteiger partial charge in [-0.25, -0.2) is 4.39 Å². The first kappa shape index (κ1) is 17.8. The molecule has 0 unspecified atom stereocenters. The number of hydrogen-bond donors (Lipinski definition) is 1. The summed E-state index contributed by atoms with van der Waals surface area (Å²) in [5, 5.41) is 3.59. The van der Waals surface area contributed by atoms with Gasteiger partial charge in [-0.15, -0.1) is 0 Å². The van der Waals surface area contributed by atoms with Gasteiger partial charge in [-0.05, 0) is 55.3 Å². The molecule has 148 valence electrons. The lowest BCUT2D eigenvalue weighted by atomic mass is 9.82. The van der Waals surface area contributed by atoms with Crippen LogP contribution in [0.25, 0.3) is 5.69 Å². The van der Waals surface area contributed by atoms with Gasteiger partial charge in [0.2, 0.25) is 0 Å². The molecule has 29 heavy (non-hydrogen) atoms. The number of piperidine rings is 1. The van der Waals surface area contributed by atoms with Gasteiger partial charge in [0.05, 0.1) is 29.6 Å². The Morgan fingerprint density at radius 2 is 1.90 bits per heavy atom. The molecule has 1 N–H and O–H groups in total. The number of carbonyl (C=O) groups is 1. The highest BCUT2D eigenvalue weighted by molar-refractivity contribution is 5.97. The van der Waals surface area contributed by atoms with Crippen LogP contribution in [0.1, 0.15) is 28.9 Å². The summed E-state index contributed by atoms with van der Waals surface area (Å²) in [5.41, 5.74) is 3.16. The van der Waals surface area contributed by atoms with E-state index in [-0.39, 0.29) is 17.3 Å². The molecular formula is C23H22FN3O2. The Bertz CT molecular complexity index is 1080. The highest BCUT2D eigenvalue weighted by Gasteiger charge is 2.42. The van der Waals surface area contributed by atoms with Crippen molar-refractivity contribution in [2.75, 3.05) is 25.5 Å². The molecule has 2 aliphatic rings. The molecule has 1 saturated heterocycles. The summed E-state index contributed by atoms with van der Waals surface area (Å²) in [5.74, 6) is 0.313. The molecule has 0 atom stereocenters. The molecule has 2 aliphatic heterocycles. The van der Waals surface area contributed by atoms with Crippen LogP contribution in [-0.2, 0) is 5.54 Å². The molecule has 0 saturated carbocycles. The lowest BCUT2D eigenvalue weighted by molar-refractivity contribution is 0.0673. The average Bonchev–Trinajstić information content (AvgIpc) is 3.25. The van der Waals surface area contributed by atoms with Gasteiger partial charge in [-0.1, -0.05) is 12.1 Å². The Labute approximate surface area is 168 Å². The predicted molar refractivity (Wildman–Crippen MR) is 109 cm³/mol. The van der Waals surface area contributed by atoms with E-state index in [1.807, 2.05) is 29.3 Å². The van der Waals surface area contributed by atoms with Crippen LogP contribution in [0.2, 0.25) is 0 Å². The number of nitrogens with one attached hydrogen (secondary N) is 1. The Morgan fingerprint density at radius 1 is 1.10 bits per heavy atom. The molecule has 3 aromatic rings. The van der Waals surface area contributed by atoms with Gasteiger partial charge in [-0.3, -0.25) is 4.79 Å². The maximum Gasteiger partial charge on any atom is 0.257 e. The molecule has 2 aromatic carbocycles. The molecule has 5 nitrogen and oxygen atoms in total.